The largest absolute Gasteiger partial charge is 0.464 e. The summed E-state index contributed by atoms with van der Waals surface area (Å²) in [5, 5.41) is 0. The van der Waals surface area contributed by atoms with Gasteiger partial charge in [0.15, 0.2) is 0 Å². The molecule has 0 aromatic rings. The Hall–Kier alpha value is -1.06. The van der Waals surface area contributed by atoms with Gasteiger partial charge in [0.2, 0.25) is 5.91 Å². The molecule has 102 valence electrons. The van der Waals surface area contributed by atoms with Crippen LogP contribution >= 0.6 is 0 Å². The van der Waals surface area contributed by atoms with Crippen molar-refractivity contribution in [2.75, 3.05) is 13.2 Å². The van der Waals surface area contributed by atoms with Gasteiger partial charge in [-0.25, -0.2) is 4.79 Å². The summed E-state index contributed by atoms with van der Waals surface area (Å²) < 4.78 is 5.08. The number of likely N-dealkylation sites (tertiary alicyclic amines) is 1. The van der Waals surface area contributed by atoms with Crippen molar-refractivity contribution in [3.63, 3.8) is 0 Å². The molecule has 0 bridgehead atoms. The van der Waals surface area contributed by atoms with E-state index in [9.17, 15) is 9.59 Å². The Kier molecular flexibility index (Phi) is 4.25. The zero-order chi connectivity index (χ0) is 13.1. The van der Waals surface area contributed by atoms with Crippen LogP contribution in [0.5, 0.6) is 0 Å². The molecule has 1 aliphatic carbocycles. The molecule has 1 saturated carbocycles. The second-order valence-electron chi connectivity index (χ2n) is 5.42. The second kappa shape index (κ2) is 5.72. The fourth-order valence-electron chi connectivity index (χ4n) is 2.74. The summed E-state index contributed by atoms with van der Waals surface area (Å²) in [6.07, 6.45) is 5.07. The number of carbonyl (C=O) groups excluding carboxylic acids is 2. The molecule has 0 aromatic heterocycles. The maximum atomic E-state index is 12.4. The lowest BCUT2D eigenvalue weighted by Crippen LogP contribution is -2.50. The monoisotopic (exact) mass is 253 g/mol. The van der Waals surface area contributed by atoms with Gasteiger partial charge in [0.05, 0.1) is 6.61 Å². The Morgan fingerprint density at radius 3 is 2.61 bits per heavy atom. The summed E-state index contributed by atoms with van der Waals surface area (Å²) >= 11 is 0. The lowest BCUT2D eigenvalue weighted by molar-refractivity contribution is -0.158. The van der Waals surface area contributed by atoms with Crippen molar-refractivity contribution in [1.82, 2.24) is 4.90 Å². The van der Waals surface area contributed by atoms with Gasteiger partial charge in [-0.3, -0.25) is 4.79 Å². The number of piperidine rings is 1. The van der Waals surface area contributed by atoms with Gasteiger partial charge in [-0.15, -0.1) is 0 Å². The normalized spacial score (nSPS) is 25.7. The SMILES string of the molecule is CCOC(=O)C1CCCCN1C(=O)C(C)C1CC1. The van der Waals surface area contributed by atoms with Gasteiger partial charge in [-0.05, 0) is 44.9 Å². The third kappa shape index (κ3) is 2.85. The molecule has 0 radical (unpaired) electrons. The van der Waals surface area contributed by atoms with Gasteiger partial charge >= 0.3 is 5.97 Å². The van der Waals surface area contributed by atoms with Crippen molar-refractivity contribution < 1.29 is 14.3 Å². The third-order valence-electron chi connectivity index (χ3n) is 4.06. The van der Waals surface area contributed by atoms with Crippen molar-refractivity contribution in [2.45, 2.75) is 52.0 Å². The van der Waals surface area contributed by atoms with Crippen molar-refractivity contribution in [3.8, 4) is 0 Å². The van der Waals surface area contributed by atoms with Gasteiger partial charge in [0, 0.05) is 12.5 Å². The van der Waals surface area contributed by atoms with E-state index < -0.39 is 0 Å². The zero-order valence-corrected chi connectivity index (χ0v) is 11.4. The minimum atomic E-state index is -0.340. The van der Waals surface area contributed by atoms with E-state index in [1.165, 1.54) is 0 Å². The standard InChI is InChI=1S/C14H23NO3/c1-3-18-14(17)12-6-4-5-9-15(12)13(16)10(2)11-7-8-11/h10-12H,3-9H2,1-2H3. The van der Waals surface area contributed by atoms with Gasteiger partial charge in [0.1, 0.15) is 6.04 Å². The molecule has 1 heterocycles. The van der Waals surface area contributed by atoms with Gasteiger partial charge < -0.3 is 9.64 Å². The van der Waals surface area contributed by atoms with Crippen molar-refractivity contribution >= 4 is 11.9 Å². The summed E-state index contributed by atoms with van der Waals surface area (Å²) in [6, 6.07) is -0.340. The number of rotatable bonds is 4. The van der Waals surface area contributed by atoms with Crippen LogP contribution in [0.2, 0.25) is 0 Å². The first kappa shape index (κ1) is 13.4. The molecule has 2 unspecified atom stereocenters. The average Bonchev–Trinajstić information content (AvgIpc) is 3.21. The Bertz CT molecular complexity index is 325. The van der Waals surface area contributed by atoms with E-state index in [0.29, 0.717) is 19.1 Å². The van der Waals surface area contributed by atoms with E-state index in [4.69, 9.17) is 4.74 Å². The van der Waals surface area contributed by atoms with Crippen LogP contribution in [0, 0.1) is 11.8 Å². The molecule has 2 rings (SSSR count). The van der Waals surface area contributed by atoms with Gasteiger partial charge in [-0.2, -0.15) is 0 Å². The molecule has 1 amide bonds. The molecule has 2 atom stereocenters. The summed E-state index contributed by atoms with van der Waals surface area (Å²) in [6.45, 7) is 4.89. The van der Waals surface area contributed by atoms with Crippen molar-refractivity contribution in [3.05, 3.63) is 0 Å². The van der Waals surface area contributed by atoms with Crippen molar-refractivity contribution in [2.24, 2.45) is 11.8 Å². The van der Waals surface area contributed by atoms with E-state index in [0.717, 1.165) is 32.1 Å². The van der Waals surface area contributed by atoms with Crippen LogP contribution in [-0.2, 0) is 14.3 Å². The quantitative estimate of drug-likeness (QED) is 0.720. The molecule has 0 spiro atoms. The minimum absolute atomic E-state index is 0.0695. The van der Waals surface area contributed by atoms with E-state index in [2.05, 4.69) is 0 Å². The Morgan fingerprint density at radius 2 is 2.00 bits per heavy atom. The van der Waals surface area contributed by atoms with E-state index >= 15 is 0 Å². The van der Waals surface area contributed by atoms with E-state index in [-0.39, 0.29) is 23.8 Å². The Labute approximate surface area is 109 Å². The summed E-state index contributed by atoms with van der Waals surface area (Å²) in [4.78, 5) is 26.1. The van der Waals surface area contributed by atoms with Crippen LogP contribution in [0.25, 0.3) is 0 Å². The molecule has 0 N–H and O–H groups in total. The Balaban J connectivity index is 2.02. The molecule has 1 aliphatic heterocycles. The first-order chi connectivity index (χ1) is 8.65. The lowest BCUT2D eigenvalue weighted by Gasteiger charge is -2.35. The van der Waals surface area contributed by atoms with Gasteiger partial charge in [-0.1, -0.05) is 6.92 Å². The summed E-state index contributed by atoms with van der Waals surface area (Å²) in [7, 11) is 0. The fraction of sp³-hybridized carbons (Fsp3) is 0.857. The lowest BCUT2D eigenvalue weighted by atomic mass is 9.97. The number of esters is 1. The number of nitrogens with zero attached hydrogens (tertiary/aromatic N) is 1. The fourth-order valence-corrected chi connectivity index (χ4v) is 2.74. The van der Waals surface area contributed by atoms with Crippen molar-refractivity contribution in [1.29, 1.82) is 0 Å². The number of hydrogen-bond acceptors (Lipinski definition) is 3. The molecular formula is C14H23NO3. The third-order valence-corrected chi connectivity index (χ3v) is 4.06. The van der Waals surface area contributed by atoms with Crippen LogP contribution in [0.15, 0.2) is 0 Å². The second-order valence-corrected chi connectivity index (χ2v) is 5.42. The molecule has 4 heteroatoms. The van der Waals surface area contributed by atoms with E-state index in [1.807, 2.05) is 6.92 Å². The maximum Gasteiger partial charge on any atom is 0.328 e. The summed E-state index contributed by atoms with van der Waals surface area (Å²) in [5.41, 5.74) is 0. The highest BCUT2D eigenvalue weighted by molar-refractivity contribution is 5.86. The smallest absolute Gasteiger partial charge is 0.328 e. The van der Waals surface area contributed by atoms with Gasteiger partial charge in [0.25, 0.3) is 0 Å². The number of carbonyl (C=O) groups is 2. The molecule has 4 nitrogen and oxygen atoms in total. The van der Waals surface area contributed by atoms with Crippen LogP contribution in [0.4, 0.5) is 0 Å². The molecule has 1 saturated heterocycles. The molecular weight excluding hydrogens is 230 g/mol. The minimum Gasteiger partial charge on any atom is -0.464 e. The molecule has 18 heavy (non-hydrogen) atoms. The summed E-state index contributed by atoms with van der Waals surface area (Å²) in [5.74, 6) is 0.533. The molecule has 2 aliphatic rings. The molecule has 2 fully saturated rings. The topological polar surface area (TPSA) is 46.6 Å². The first-order valence-electron chi connectivity index (χ1n) is 7.12. The average molecular weight is 253 g/mol. The molecule has 0 aromatic carbocycles. The number of hydrogen-bond donors (Lipinski definition) is 0. The zero-order valence-electron chi connectivity index (χ0n) is 11.4. The predicted molar refractivity (Wildman–Crippen MR) is 67.9 cm³/mol. The van der Waals surface area contributed by atoms with Crippen LogP contribution in [0.1, 0.15) is 46.0 Å². The van der Waals surface area contributed by atoms with Crippen LogP contribution in [-0.4, -0.2) is 36.0 Å². The first-order valence-corrected chi connectivity index (χ1v) is 7.12. The highest BCUT2D eigenvalue weighted by Crippen LogP contribution is 2.38. The predicted octanol–water partition coefficient (Wildman–Crippen LogP) is 1.98. The number of amides is 1. The van der Waals surface area contributed by atoms with E-state index in [1.54, 1.807) is 11.8 Å². The maximum absolute atomic E-state index is 12.4. The Morgan fingerprint density at radius 1 is 1.28 bits per heavy atom. The highest BCUT2D eigenvalue weighted by atomic mass is 16.5. The highest BCUT2D eigenvalue weighted by Gasteiger charge is 2.39. The number of ether oxygens (including phenoxy) is 1. The van der Waals surface area contributed by atoms with Crippen LogP contribution in [0.3, 0.4) is 0 Å². The van der Waals surface area contributed by atoms with Crippen LogP contribution < -0.4 is 0 Å².